The van der Waals surface area contributed by atoms with E-state index in [9.17, 15) is 4.79 Å². The predicted molar refractivity (Wildman–Crippen MR) is 128 cm³/mol. The number of fused-ring (bicyclic) bond motifs is 1. The fourth-order valence-corrected chi connectivity index (χ4v) is 4.90. The zero-order valence-electron chi connectivity index (χ0n) is 18.5. The number of carbonyl (C=O) groups excluding carboxylic acids is 1. The first kappa shape index (κ1) is 21.6. The van der Waals surface area contributed by atoms with Gasteiger partial charge < -0.3 is 15.0 Å². The van der Waals surface area contributed by atoms with Crippen LogP contribution in [-0.2, 0) is 0 Å². The van der Waals surface area contributed by atoms with Crippen molar-refractivity contribution in [3.63, 3.8) is 0 Å². The highest BCUT2D eigenvalue weighted by atomic mass is 32.1. The van der Waals surface area contributed by atoms with Crippen molar-refractivity contribution < 1.29 is 9.53 Å². The van der Waals surface area contributed by atoms with Gasteiger partial charge in [-0.3, -0.25) is 9.69 Å². The van der Waals surface area contributed by atoms with E-state index < -0.39 is 0 Å². The lowest BCUT2D eigenvalue weighted by molar-refractivity contribution is 0.0947. The first-order valence-corrected chi connectivity index (χ1v) is 11.7. The van der Waals surface area contributed by atoms with Gasteiger partial charge in [0.05, 0.1) is 16.8 Å². The molecule has 4 rings (SSSR count). The Morgan fingerprint density at radius 3 is 2.71 bits per heavy atom. The number of rotatable bonds is 7. The third kappa shape index (κ3) is 5.17. The van der Waals surface area contributed by atoms with Gasteiger partial charge in [-0.2, -0.15) is 0 Å². The summed E-state index contributed by atoms with van der Waals surface area (Å²) < 4.78 is 6.77. The first-order valence-electron chi connectivity index (χ1n) is 10.9. The quantitative estimate of drug-likeness (QED) is 0.607. The third-order valence-corrected chi connectivity index (χ3v) is 6.73. The smallest absolute Gasteiger partial charge is 0.251 e. The Hall–Kier alpha value is -2.64. The summed E-state index contributed by atoms with van der Waals surface area (Å²) >= 11 is 1.73. The lowest BCUT2D eigenvalue weighted by Crippen LogP contribution is -2.48. The molecule has 2 heterocycles. The number of aryl methyl sites for hydroxylation is 2. The molecule has 31 heavy (non-hydrogen) atoms. The number of piperazine rings is 1. The normalized spacial score (nSPS) is 14.7. The molecule has 1 saturated heterocycles. The molecule has 1 amide bonds. The molecule has 2 aromatic carbocycles. The van der Waals surface area contributed by atoms with Crippen LogP contribution in [0.2, 0.25) is 0 Å². The van der Waals surface area contributed by atoms with E-state index in [2.05, 4.69) is 21.2 Å². The second-order valence-corrected chi connectivity index (χ2v) is 8.97. The molecule has 7 heteroatoms. The van der Waals surface area contributed by atoms with E-state index in [0.29, 0.717) is 13.2 Å². The first-order chi connectivity index (χ1) is 15.0. The van der Waals surface area contributed by atoms with Crippen LogP contribution >= 0.6 is 11.3 Å². The van der Waals surface area contributed by atoms with Crippen molar-refractivity contribution in [1.82, 2.24) is 15.2 Å². The number of ether oxygens (including phenoxy) is 1. The van der Waals surface area contributed by atoms with E-state index in [0.717, 1.165) is 70.5 Å². The Bertz CT molecular complexity index is 1060. The Balaban J connectivity index is 1.26. The molecule has 0 radical (unpaired) electrons. The highest BCUT2D eigenvalue weighted by Crippen LogP contribution is 2.31. The van der Waals surface area contributed by atoms with Crippen molar-refractivity contribution in [2.45, 2.75) is 20.8 Å². The van der Waals surface area contributed by atoms with E-state index in [-0.39, 0.29) is 5.91 Å². The summed E-state index contributed by atoms with van der Waals surface area (Å²) in [6.07, 6.45) is 0. The lowest BCUT2D eigenvalue weighted by atomic mass is 10.1. The molecule has 1 aliphatic rings. The van der Waals surface area contributed by atoms with Gasteiger partial charge in [0.2, 0.25) is 0 Å². The number of thiazole rings is 1. The number of hydrogen-bond donors (Lipinski definition) is 1. The van der Waals surface area contributed by atoms with Crippen LogP contribution in [0.5, 0.6) is 5.75 Å². The molecule has 0 spiro atoms. The topological polar surface area (TPSA) is 57.7 Å². The fourth-order valence-electron chi connectivity index (χ4n) is 3.85. The van der Waals surface area contributed by atoms with Crippen LogP contribution in [0.15, 0.2) is 36.4 Å². The van der Waals surface area contributed by atoms with Crippen molar-refractivity contribution in [2.24, 2.45) is 0 Å². The number of amides is 1. The summed E-state index contributed by atoms with van der Waals surface area (Å²) in [4.78, 5) is 22.1. The molecule has 1 aromatic heterocycles. The van der Waals surface area contributed by atoms with Gasteiger partial charge in [-0.1, -0.05) is 29.0 Å². The van der Waals surface area contributed by atoms with Crippen molar-refractivity contribution in [2.75, 3.05) is 50.8 Å². The molecule has 0 aliphatic carbocycles. The van der Waals surface area contributed by atoms with Gasteiger partial charge in [-0.25, -0.2) is 4.98 Å². The molecule has 1 N–H and O–H groups in total. The SMILES string of the molecule is CCOc1ccc2nc(N3CCN(CCNC(=O)c4cc(C)ccc4C)CC3)sc2c1. The van der Waals surface area contributed by atoms with Crippen molar-refractivity contribution in [1.29, 1.82) is 0 Å². The second-order valence-electron chi connectivity index (χ2n) is 7.96. The van der Waals surface area contributed by atoms with E-state index in [1.165, 1.54) is 0 Å². The Kier molecular flexibility index (Phi) is 6.73. The molecular formula is C24H30N4O2S. The minimum atomic E-state index is 0.0146. The second kappa shape index (κ2) is 9.66. The average Bonchev–Trinajstić information content (AvgIpc) is 3.19. The van der Waals surface area contributed by atoms with Gasteiger partial charge in [0.15, 0.2) is 5.13 Å². The summed E-state index contributed by atoms with van der Waals surface area (Å²) in [5, 5.41) is 4.15. The molecule has 0 unspecified atom stereocenters. The van der Waals surface area contributed by atoms with Gasteiger partial charge in [-0.05, 0) is 50.6 Å². The van der Waals surface area contributed by atoms with Crippen LogP contribution in [-0.4, -0.2) is 61.7 Å². The van der Waals surface area contributed by atoms with Crippen LogP contribution in [0.3, 0.4) is 0 Å². The number of anilines is 1. The van der Waals surface area contributed by atoms with Crippen molar-refractivity contribution >= 4 is 32.6 Å². The summed E-state index contributed by atoms with van der Waals surface area (Å²) in [6.45, 7) is 12.0. The molecular weight excluding hydrogens is 408 g/mol. The number of benzene rings is 2. The Morgan fingerprint density at radius 1 is 1.13 bits per heavy atom. The Labute approximate surface area is 187 Å². The largest absolute Gasteiger partial charge is 0.494 e. The zero-order valence-corrected chi connectivity index (χ0v) is 19.3. The molecule has 1 fully saturated rings. The third-order valence-electron chi connectivity index (χ3n) is 5.65. The summed E-state index contributed by atoms with van der Waals surface area (Å²) in [6, 6.07) is 12.1. The van der Waals surface area contributed by atoms with E-state index in [1.807, 2.05) is 51.1 Å². The Morgan fingerprint density at radius 2 is 1.94 bits per heavy atom. The van der Waals surface area contributed by atoms with Crippen molar-refractivity contribution in [3.05, 3.63) is 53.1 Å². The molecule has 3 aromatic rings. The highest BCUT2D eigenvalue weighted by molar-refractivity contribution is 7.22. The van der Waals surface area contributed by atoms with E-state index >= 15 is 0 Å². The summed E-state index contributed by atoms with van der Waals surface area (Å²) in [7, 11) is 0. The van der Waals surface area contributed by atoms with Gasteiger partial charge in [-0.15, -0.1) is 0 Å². The van der Waals surface area contributed by atoms with Crippen LogP contribution in [0, 0.1) is 13.8 Å². The highest BCUT2D eigenvalue weighted by Gasteiger charge is 2.20. The van der Waals surface area contributed by atoms with Crippen molar-refractivity contribution in [3.8, 4) is 5.75 Å². The molecule has 6 nitrogen and oxygen atoms in total. The number of hydrogen-bond acceptors (Lipinski definition) is 6. The maximum Gasteiger partial charge on any atom is 0.251 e. The molecule has 0 atom stereocenters. The van der Waals surface area contributed by atoms with Gasteiger partial charge in [0.1, 0.15) is 5.75 Å². The van der Waals surface area contributed by atoms with Crippen LogP contribution < -0.4 is 15.0 Å². The maximum atomic E-state index is 12.5. The zero-order chi connectivity index (χ0) is 21.8. The van der Waals surface area contributed by atoms with Crippen LogP contribution in [0.4, 0.5) is 5.13 Å². The minimum absolute atomic E-state index is 0.0146. The fraction of sp³-hybridized carbons (Fsp3) is 0.417. The molecule has 1 aliphatic heterocycles. The standard InChI is InChI=1S/C24H30N4O2S/c1-4-30-19-7-8-21-22(16-19)31-24(26-21)28-13-11-27(12-14-28)10-9-25-23(29)20-15-17(2)5-6-18(20)3/h5-8,15-16H,4,9-14H2,1-3H3,(H,25,29). The predicted octanol–water partition coefficient (Wildman–Crippen LogP) is 3.86. The van der Waals surface area contributed by atoms with Gasteiger partial charge in [0, 0.05) is 44.8 Å². The molecule has 164 valence electrons. The number of aromatic nitrogens is 1. The average molecular weight is 439 g/mol. The summed E-state index contributed by atoms with van der Waals surface area (Å²) in [5.41, 5.74) is 3.92. The molecule has 0 bridgehead atoms. The number of carbonyl (C=O) groups is 1. The summed E-state index contributed by atoms with van der Waals surface area (Å²) in [5.74, 6) is 0.915. The lowest BCUT2D eigenvalue weighted by Gasteiger charge is -2.34. The molecule has 0 saturated carbocycles. The van der Waals surface area contributed by atoms with Gasteiger partial charge in [0.25, 0.3) is 5.91 Å². The van der Waals surface area contributed by atoms with Crippen LogP contribution in [0.1, 0.15) is 28.4 Å². The monoisotopic (exact) mass is 438 g/mol. The maximum absolute atomic E-state index is 12.5. The van der Waals surface area contributed by atoms with Gasteiger partial charge >= 0.3 is 0 Å². The van der Waals surface area contributed by atoms with E-state index in [4.69, 9.17) is 9.72 Å². The number of nitrogens with one attached hydrogen (secondary N) is 1. The van der Waals surface area contributed by atoms with E-state index in [1.54, 1.807) is 11.3 Å². The number of nitrogens with zero attached hydrogens (tertiary/aromatic N) is 3. The van der Waals surface area contributed by atoms with Crippen LogP contribution in [0.25, 0.3) is 10.2 Å². The minimum Gasteiger partial charge on any atom is -0.494 e.